The molecular weight excluding hydrogens is 407 g/mol. The summed E-state index contributed by atoms with van der Waals surface area (Å²) in [7, 11) is 0. The summed E-state index contributed by atoms with van der Waals surface area (Å²) < 4.78 is 22.8. The van der Waals surface area contributed by atoms with Gasteiger partial charge < -0.3 is 4.52 Å². The summed E-state index contributed by atoms with van der Waals surface area (Å²) >= 11 is 4.29. The highest BCUT2D eigenvalue weighted by Crippen LogP contribution is 2.25. The number of thioether (sulfide) groups is 1. The number of hydrogen-bond acceptors (Lipinski definition) is 9. The maximum atomic E-state index is 13.3. The Bertz CT molecular complexity index is 856. The maximum absolute atomic E-state index is 13.3. The Hall–Kier alpha value is -2.31. The van der Waals surface area contributed by atoms with Crippen molar-refractivity contribution < 1.29 is 18.7 Å². The zero-order chi connectivity index (χ0) is 16.9. The van der Waals surface area contributed by atoms with Gasteiger partial charge in [-0.3, -0.25) is 10.7 Å². The van der Waals surface area contributed by atoms with Gasteiger partial charge in [0.05, 0.1) is 15.9 Å². The Morgan fingerprint density at radius 1 is 1.38 bits per heavy atom. The van der Waals surface area contributed by atoms with Crippen molar-refractivity contribution in [2.24, 2.45) is 4.99 Å². The van der Waals surface area contributed by atoms with Gasteiger partial charge in [0.1, 0.15) is 5.82 Å². The Morgan fingerprint density at radius 3 is 2.96 bits per heavy atom. The summed E-state index contributed by atoms with van der Waals surface area (Å²) in [5.41, 5.74) is 2.51. The number of hydrogen-bond donors (Lipinski definition) is 2. The van der Waals surface area contributed by atoms with Crippen molar-refractivity contribution in [1.82, 2.24) is 25.9 Å². The van der Waals surface area contributed by atoms with Gasteiger partial charge >= 0.3 is 0 Å². The van der Waals surface area contributed by atoms with Crippen LogP contribution in [0.5, 0.6) is 0 Å². The van der Waals surface area contributed by atoms with E-state index in [0.717, 1.165) is 0 Å². The number of hydroxylamine groups is 1. The zero-order valence-electron chi connectivity index (χ0n) is 11.7. The number of nitrogens with zero attached hydrogens (tertiary/aromatic N) is 5. The molecule has 0 bridgehead atoms. The first-order chi connectivity index (χ1) is 11.7. The van der Waals surface area contributed by atoms with Crippen LogP contribution in [0, 0.1) is 5.82 Å². The van der Waals surface area contributed by atoms with Crippen LogP contribution in [0.3, 0.4) is 0 Å². The summed E-state index contributed by atoms with van der Waals surface area (Å²) in [6.07, 6.45) is 1.21. The standard InChI is InChI=1S/C12H8BrFN6O3S/c13-7-3-6(1-2-8(7)14)16-11(17-21)10-12(20-23-19-10)24-4-9-15-5-22-18-9/h1-3,5,21H,4H2,(H,16,17). The highest BCUT2D eigenvalue weighted by atomic mass is 79.9. The van der Waals surface area contributed by atoms with E-state index >= 15 is 0 Å². The predicted molar refractivity (Wildman–Crippen MR) is 83.4 cm³/mol. The van der Waals surface area contributed by atoms with Crippen molar-refractivity contribution in [3.05, 3.63) is 46.4 Å². The summed E-state index contributed by atoms with van der Waals surface area (Å²) in [5, 5.41) is 20.8. The van der Waals surface area contributed by atoms with Crippen molar-refractivity contribution in [2.75, 3.05) is 0 Å². The second-order valence-electron chi connectivity index (χ2n) is 4.22. The Morgan fingerprint density at radius 2 is 2.25 bits per heavy atom. The molecule has 0 radical (unpaired) electrons. The van der Waals surface area contributed by atoms with Crippen molar-refractivity contribution in [3.8, 4) is 0 Å². The second-order valence-corrected chi connectivity index (χ2v) is 6.04. The highest BCUT2D eigenvalue weighted by Gasteiger charge is 2.18. The van der Waals surface area contributed by atoms with E-state index in [9.17, 15) is 9.60 Å². The van der Waals surface area contributed by atoms with E-state index in [2.05, 4.69) is 45.9 Å². The van der Waals surface area contributed by atoms with Crippen molar-refractivity contribution >= 4 is 39.2 Å². The summed E-state index contributed by atoms with van der Waals surface area (Å²) in [5.74, 6) is 0.391. The molecule has 24 heavy (non-hydrogen) atoms. The highest BCUT2D eigenvalue weighted by molar-refractivity contribution is 9.10. The van der Waals surface area contributed by atoms with Crippen LogP contribution in [0.4, 0.5) is 10.1 Å². The van der Waals surface area contributed by atoms with E-state index in [-0.39, 0.29) is 16.0 Å². The van der Waals surface area contributed by atoms with Gasteiger partial charge in [0.15, 0.2) is 22.4 Å². The molecule has 2 N–H and O–H groups in total. The minimum atomic E-state index is -0.424. The molecule has 0 unspecified atom stereocenters. The van der Waals surface area contributed by atoms with E-state index in [0.29, 0.717) is 22.3 Å². The molecule has 3 rings (SSSR count). The molecule has 0 spiro atoms. The first-order valence-electron chi connectivity index (χ1n) is 6.32. The van der Waals surface area contributed by atoms with Gasteiger partial charge in [-0.1, -0.05) is 16.9 Å². The number of benzene rings is 1. The fraction of sp³-hybridized carbons (Fsp3) is 0.0833. The summed E-state index contributed by atoms with van der Waals surface area (Å²) in [6.45, 7) is 0. The number of rotatable bonds is 5. The Balaban J connectivity index is 1.84. The predicted octanol–water partition coefficient (Wildman–Crippen LogP) is 2.70. The van der Waals surface area contributed by atoms with Gasteiger partial charge in [-0.15, -0.1) is 0 Å². The number of nitrogens with one attached hydrogen (secondary N) is 1. The molecule has 0 saturated heterocycles. The average molecular weight is 415 g/mol. The molecule has 0 amide bonds. The van der Waals surface area contributed by atoms with Gasteiger partial charge in [0.2, 0.25) is 6.39 Å². The molecule has 0 fully saturated rings. The third-order valence-electron chi connectivity index (χ3n) is 2.68. The molecule has 0 atom stereocenters. The first-order valence-corrected chi connectivity index (χ1v) is 8.10. The normalized spacial score (nSPS) is 11.7. The summed E-state index contributed by atoms with van der Waals surface area (Å²) in [4.78, 5) is 8.04. The molecule has 12 heteroatoms. The molecule has 0 aliphatic rings. The van der Waals surface area contributed by atoms with Crippen LogP contribution < -0.4 is 5.48 Å². The van der Waals surface area contributed by atoms with E-state index < -0.39 is 5.82 Å². The minimum Gasteiger partial charge on any atom is -0.343 e. The molecule has 3 aromatic rings. The first kappa shape index (κ1) is 16.5. The van der Waals surface area contributed by atoms with E-state index in [4.69, 9.17) is 4.63 Å². The fourth-order valence-corrected chi connectivity index (χ4v) is 2.74. The van der Waals surface area contributed by atoms with Crippen LogP contribution in [0.15, 0.2) is 48.2 Å². The quantitative estimate of drug-likeness (QED) is 0.280. The van der Waals surface area contributed by atoms with Gasteiger partial charge in [-0.25, -0.2) is 14.0 Å². The van der Waals surface area contributed by atoms with Gasteiger partial charge in [-0.05, 0) is 44.4 Å². The lowest BCUT2D eigenvalue weighted by Gasteiger charge is -2.03. The molecule has 2 aromatic heterocycles. The topological polar surface area (TPSA) is 122 Å². The molecular formula is C12H8BrFN6O3S. The minimum absolute atomic E-state index is 0.00892. The summed E-state index contributed by atoms with van der Waals surface area (Å²) in [6, 6.07) is 4.13. The Labute approximate surface area is 146 Å². The lowest BCUT2D eigenvalue weighted by Crippen LogP contribution is -2.21. The van der Waals surface area contributed by atoms with Crippen molar-refractivity contribution in [1.29, 1.82) is 0 Å². The largest absolute Gasteiger partial charge is 0.343 e. The van der Waals surface area contributed by atoms with Gasteiger partial charge in [0.25, 0.3) is 0 Å². The lowest BCUT2D eigenvalue weighted by molar-refractivity contribution is 0.234. The van der Waals surface area contributed by atoms with Crippen molar-refractivity contribution in [2.45, 2.75) is 10.8 Å². The molecule has 9 nitrogen and oxygen atoms in total. The van der Waals surface area contributed by atoms with E-state index in [1.54, 1.807) is 0 Å². The van der Waals surface area contributed by atoms with Crippen LogP contribution in [-0.2, 0) is 5.75 Å². The molecule has 124 valence electrons. The second kappa shape index (κ2) is 7.51. The molecule has 0 aliphatic carbocycles. The average Bonchev–Trinajstić information content (AvgIpc) is 3.25. The molecule has 0 saturated carbocycles. The van der Waals surface area contributed by atoms with Crippen LogP contribution in [0.2, 0.25) is 0 Å². The number of amidine groups is 1. The van der Waals surface area contributed by atoms with E-state index in [1.807, 2.05) is 5.48 Å². The fourth-order valence-electron chi connectivity index (χ4n) is 1.62. The monoisotopic (exact) mass is 414 g/mol. The SMILES string of the molecule is ONC(=Nc1ccc(F)c(Br)c1)c1nonc1SCc1ncon1. The zero-order valence-corrected chi connectivity index (χ0v) is 14.1. The lowest BCUT2D eigenvalue weighted by atomic mass is 10.3. The van der Waals surface area contributed by atoms with Crippen LogP contribution in [0.25, 0.3) is 0 Å². The Kier molecular flexibility index (Phi) is 5.17. The molecule has 0 aliphatic heterocycles. The smallest absolute Gasteiger partial charge is 0.213 e. The molecule has 1 aromatic carbocycles. The number of aromatic nitrogens is 4. The van der Waals surface area contributed by atoms with Gasteiger partial charge in [0, 0.05) is 0 Å². The number of halogens is 2. The van der Waals surface area contributed by atoms with Crippen LogP contribution in [0.1, 0.15) is 11.5 Å². The number of aliphatic imine (C=N–C) groups is 1. The third-order valence-corrected chi connectivity index (χ3v) is 4.23. The van der Waals surface area contributed by atoms with Crippen LogP contribution in [-0.4, -0.2) is 31.5 Å². The van der Waals surface area contributed by atoms with Gasteiger partial charge in [-0.2, -0.15) is 4.98 Å². The van der Waals surface area contributed by atoms with Crippen molar-refractivity contribution in [3.63, 3.8) is 0 Å². The maximum Gasteiger partial charge on any atom is 0.213 e. The third kappa shape index (κ3) is 3.77. The van der Waals surface area contributed by atoms with Crippen LogP contribution >= 0.6 is 27.7 Å². The van der Waals surface area contributed by atoms with E-state index in [1.165, 1.54) is 36.4 Å². The molecule has 2 heterocycles.